The second-order valence-corrected chi connectivity index (χ2v) is 7.01. The summed E-state index contributed by atoms with van der Waals surface area (Å²) >= 11 is 4.26. The molecule has 0 N–H and O–H groups in total. The van der Waals surface area contributed by atoms with Crippen molar-refractivity contribution in [1.29, 1.82) is 0 Å². The number of thiol groups is 1. The van der Waals surface area contributed by atoms with Crippen molar-refractivity contribution in [2.45, 2.75) is 51.3 Å². The van der Waals surface area contributed by atoms with Gasteiger partial charge in [-0.05, 0) is 34.1 Å². The summed E-state index contributed by atoms with van der Waals surface area (Å²) in [6.07, 6.45) is 1.88. The third-order valence-corrected chi connectivity index (χ3v) is 4.89. The summed E-state index contributed by atoms with van der Waals surface area (Å²) in [5.41, 5.74) is 0. The quantitative estimate of drug-likeness (QED) is 0.424. The molecule has 0 saturated carbocycles. The lowest BCUT2D eigenvalue weighted by Gasteiger charge is -2.26. The summed E-state index contributed by atoms with van der Waals surface area (Å²) in [7, 11) is -3.15. The van der Waals surface area contributed by atoms with Gasteiger partial charge < -0.3 is 9.05 Å². The first-order valence-corrected chi connectivity index (χ1v) is 7.20. The molecule has 3 nitrogen and oxygen atoms in total. The lowest BCUT2D eigenvalue weighted by molar-refractivity contribution is 0.141. The van der Waals surface area contributed by atoms with E-state index in [-0.39, 0.29) is 12.2 Å². The van der Waals surface area contributed by atoms with Crippen LogP contribution in [0, 0.1) is 0 Å². The fourth-order valence-electron chi connectivity index (χ4n) is 1.03. The molecule has 90 valence electrons. The summed E-state index contributed by atoms with van der Waals surface area (Å²) < 4.78 is 23.1. The first kappa shape index (κ1) is 15.2. The fourth-order valence-corrected chi connectivity index (χ4v) is 3.42. The van der Waals surface area contributed by atoms with Crippen molar-refractivity contribution in [3.8, 4) is 0 Å². The number of allylic oxidation sites excluding steroid dienone is 1. The topological polar surface area (TPSA) is 35.5 Å². The molecule has 1 unspecified atom stereocenters. The van der Waals surface area contributed by atoms with Gasteiger partial charge in [0, 0.05) is 0 Å². The van der Waals surface area contributed by atoms with Crippen LogP contribution >= 0.6 is 20.2 Å². The van der Waals surface area contributed by atoms with Crippen LogP contribution in [0.2, 0.25) is 0 Å². The Hall–Kier alpha value is 0.240. The highest BCUT2D eigenvalue weighted by molar-refractivity contribution is 7.90. The molecule has 0 fully saturated rings. The minimum Gasteiger partial charge on any atom is -0.305 e. The van der Waals surface area contributed by atoms with Crippen LogP contribution in [0.4, 0.5) is 0 Å². The zero-order valence-corrected chi connectivity index (χ0v) is 11.6. The second kappa shape index (κ2) is 6.74. The molecule has 0 aromatic heterocycles. The van der Waals surface area contributed by atoms with Crippen molar-refractivity contribution in [3.05, 3.63) is 12.7 Å². The van der Waals surface area contributed by atoms with Gasteiger partial charge in [0.1, 0.15) is 4.99 Å². The molecule has 0 heterocycles. The molecule has 15 heavy (non-hydrogen) atoms. The Kier molecular flexibility index (Phi) is 6.85. The highest BCUT2D eigenvalue weighted by Gasteiger charge is 2.34. The molecule has 0 aliphatic heterocycles. The van der Waals surface area contributed by atoms with Gasteiger partial charge in [0.2, 0.25) is 0 Å². The number of rotatable bonds is 7. The van der Waals surface area contributed by atoms with Crippen LogP contribution in [-0.2, 0) is 13.6 Å². The average Bonchev–Trinajstić information content (AvgIpc) is 2.01. The molecule has 0 aliphatic carbocycles. The van der Waals surface area contributed by atoms with Crippen molar-refractivity contribution in [2.24, 2.45) is 0 Å². The van der Waals surface area contributed by atoms with Crippen molar-refractivity contribution in [3.63, 3.8) is 0 Å². The first-order valence-electron chi connectivity index (χ1n) is 5.07. The lowest BCUT2D eigenvalue weighted by atomic mass is 10.5. The highest BCUT2D eigenvalue weighted by Crippen LogP contribution is 2.57. The van der Waals surface area contributed by atoms with E-state index >= 15 is 0 Å². The van der Waals surface area contributed by atoms with E-state index in [1.807, 2.05) is 27.7 Å². The molecule has 0 saturated heterocycles. The van der Waals surface area contributed by atoms with Crippen LogP contribution in [0.15, 0.2) is 12.7 Å². The maximum Gasteiger partial charge on any atom is 0.344 e. The van der Waals surface area contributed by atoms with Gasteiger partial charge in [-0.3, -0.25) is 4.57 Å². The Labute approximate surface area is 98.2 Å². The molecule has 0 bridgehead atoms. The number of hydrogen-bond donors (Lipinski definition) is 1. The molecule has 5 heteroatoms. The normalized spacial score (nSPS) is 14.6. The molecule has 0 aliphatic rings. The van der Waals surface area contributed by atoms with Gasteiger partial charge in [-0.1, -0.05) is 6.08 Å². The Bertz CT molecular complexity index is 227. The maximum atomic E-state index is 12.4. The highest BCUT2D eigenvalue weighted by atomic mass is 32.1. The zero-order chi connectivity index (χ0) is 12.1. The zero-order valence-electron chi connectivity index (χ0n) is 9.84. The maximum absolute atomic E-state index is 12.4. The summed E-state index contributed by atoms with van der Waals surface area (Å²) in [5.74, 6) is 0. The monoisotopic (exact) mass is 252 g/mol. The van der Waals surface area contributed by atoms with E-state index in [0.717, 1.165) is 0 Å². The molecule has 0 aromatic rings. The SMILES string of the molecule is C=CCC(S)P(=O)(OC(C)C)OC(C)C. The van der Waals surface area contributed by atoms with Crippen LogP contribution < -0.4 is 0 Å². The first-order chi connectivity index (χ1) is 6.81. The fraction of sp³-hybridized carbons (Fsp3) is 0.800. The molecule has 0 amide bonds. The van der Waals surface area contributed by atoms with Crippen molar-refractivity contribution in [1.82, 2.24) is 0 Å². The van der Waals surface area contributed by atoms with E-state index in [0.29, 0.717) is 6.42 Å². The van der Waals surface area contributed by atoms with Crippen LogP contribution in [0.5, 0.6) is 0 Å². The van der Waals surface area contributed by atoms with Crippen LogP contribution in [0.1, 0.15) is 34.1 Å². The summed E-state index contributed by atoms with van der Waals surface area (Å²) in [6.45, 7) is 10.9. The molecule has 0 radical (unpaired) electrons. The van der Waals surface area contributed by atoms with Crippen LogP contribution in [0.3, 0.4) is 0 Å². The van der Waals surface area contributed by atoms with E-state index in [4.69, 9.17) is 9.05 Å². The summed E-state index contributed by atoms with van der Waals surface area (Å²) in [4.78, 5) is -0.445. The van der Waals surface area contributed by atoms with Crippen molar-refractivity contribution < 1.29 is 13.6 Å². The van der Waals surface area contributed by atoms with Crippen LogP contribution in [-0.4, -0.2) is 17.2 Å². The van der Waals surface area contributed by atoms with Gasteiger partial charge in [-0.2, -0.15) is 12.6 Å². The van der Waals surface area contributed by atoms with Gasteiger partial charge in [-0.15, -0.1) is 6.58 Å². The third kappa shape index (κ3) is 5.76. The Morgan fingerprint density at radius 2 is 1.67 bits per heavy atom. The third-order valence-electron chi connectivity index (χ3n) is 1.46. The minimum atomic E-state index is -3.15. The minimum absolute atomic E-state index is 0.144. The van der Waals surface area contributed by atoms with E-state index in [1.54, 1.807) is 6.08 Å². The molecule has 0 spiro atoms. The Balaban J connectivity index is 4.67. The average molecular weight is 252 g/mol. The standard InChI is InChI=1S/C10H21O3PS/c1-6-7-10(15)14(11,12-8(2)3)13-9(4)5/h6,8-10,15H,1,7H2,2-5H3. The number of hydrogen-bond acceptors (Lipinski definition) is 4. The van der Waals surface area contributed by atoms with E-state index in [1.165, 1.54) is 0 Å². The van der Waals surface area contributed by atoms with E-state index < -0.39 is 12.6 Å². The lowest BCUT2D eigenvalue weighted by Crippen LogP contribution is -2.14. The second-order valence-electron chi connectivity index (χ2n) is 3.85. The molecule has 0 aromatic carbocycles. The molecular formula is C10H21O3PS. The summed E-state index contributed by atoms with van der Waals surface area (Å²) in [5, 5.41) is 0. The van der Waals surface area contributed by atoms with Crippen molar-refractivity contribution in [2.75, 3.05) is 0 Å². The molecule has 1 atom stereocenters. The van der Waals surface area contributed by atoms with Gasteiger partial charge in [0.05, 0.1) is 12.2 Å². The Morgan fingerprint density at radius 1 is 1.27 bits per heavy atom. The van der Waals surface area contributed by atoms with E-state index in [9.17, 15) is 4.57 Å². The predicted molar refractivity (Wildman–Crippen MR) is 67.6 cm³/mol. The Morgan fingerprint density at radius 3 is 1.93 bits per heavy atom. The van der Waals surface area contributed by atoms with Gasteiger partial charge in [0.15, 0.2) is 0 Å². The predicted octanol–water partition coefficient (Wildman–Crippen LogP) is 3.86. The van der Waals surface area contributed by atoms with Gasteiger partial charge >= 0.3 is 7.60 Å². The smallest absolute Gasteiger partial charge is 0.305 e. The largest absolute Gasteiger partial charge is 0.344 e. The van der Waals surface area contributed by atoms with Gasteiger partial charge in [-0.25, -0.2) is 0 Å². The van der Waals surface area contributed by atoms with Gasteiger partial charge in [0.25, 0.3) is 0 Å². The summed E-state index contributed by atoms with van der Waals surface area (Å²) in [6, 6.07) is 0. The van der Waals surface area contributed by atoms with Crippen LogP contribution in [0.25, 0.3) is 0 Å². The molecule has 0 rings (SSSR count). The van der Waals surface area contributed by atoms with E-state index in [2.05, 4.69) is 19.2 Å². The molecular weight excluding hydrogens is 231 g/mol. The van der Waals surface area contributed by atoms with Crippen molar-refractivity contribution >= 4 is 20.2 Å².